The first-order valence-corrected chi connectivity index (χ1v) is 10.4. The fourth-order valence-corrected chi connectivity index (χ4v) is 3.94. The van der Waals surface area contributed by atoms with Crippen molar-refractivity contribution in [3.8, 4) is 10.8 Å². The minimum Gasteiger partial charge on any atom is -0.444 e. The van der Waals surface area contributed by atoms with Gasteiger partial charge in [0.15, 0.2) is 0 Å². The maximum atomic E-state index is 12.2. The lowest BCUT2D eigenvalue weighted by molar-refractivity contribution is -0.122. The van der Waals surface area contributed by atoms with Gasteiger partial charge in [0.2, 0.25) is 11.8 Å². The minimum atomic E-state index is 0.0781. The summed E-state index contributed by atoms with van der Waals surface area (Å²) in [6.45, 7) is 5.43. The number of amides is 1. The average Bonchev–Trinajstić information content (AvgIpc) is 3.41. The molecule has 1 fully saturated rings. The Bertz CT molecular complexity index is 871. The maximum Gasteiger partial charge on any atom is 0.236 e. The van der Waals surface area contributed by atoms with E-state index in [4.69, 9.17) is 4.42 Å². The molecule has 4 rings (SSSR count). The van der Waals surface area contributed by atoms with E-state index >= 15 is 0 Å². The molecule has 0 aliphatic carbocycles. The molecule has 2 aromatic heterocycles. The zero-order chi connectivity index (χ0) is 19.2. The van der Waals surface area contributed by atoms with Gasteiger partial charge in [0, 0.05) is 39.3 Å². The van der Waals surface area contributed by atoms with Crippen LogP contribution in [0.5, 0.6) is 0 Å². The number of thiophene rings is 1. The summed E-state index contributed by atoms with van der Waals surface area (Å²) in [6.07, 6.45) is 1.75. The highest BCUT2D eigenvalue weighted by atomic mass is 32.1. The molecule has 7 heteroatoms. The van der Waals surface area contributed by atoms with Crippen LogP contribution in [-0.4, -0.2) is 53.4 Å². The number of nitrogens with zero attached hydrogens (tertiary/aromatic N) is 3. The van der Waals surface area contributed by atoms with Crippen LogP contribution < -0.4 is 5.32 Å². The zero-order valence-corrected chi connectivity index (χ0v) is 16.5. The normalized spacial score (nSPS) is 15.6. The summed E-state index contributed by atoms with van der Waals surface area (Å²) in [5.74, 6) is 0.771. The molecule has 0 unspecified atom stereocenters. The molecule has 3 aromatic rings. The SMILES string of the molecule is O=C(CN1CCN(Cc2coc(-c3cccs3)n2)CC1)NCc1ccccc1. The largest absolute Gasteiger partial charge is 0.444 e. The summed E-state index contributed by atoms with van der Waals surface area (Å²) in [5, 5.41) is 5.02. The van der Waals surface area contributed by atoms with E-state index < -0.39 is 0 Å². The van der Waals surface area contributed by atoms with Gasteiger partial charge in [0.1, 0.15) is 6.26 Å². The summed E-state index contributed by atoms with van der Waals surface area (Å²) in [4.78, 5) is 22.4. The van der Waals surface area contributed by atoms with E-state index in [2.05, 4.69) is 20.1 Å². The van der Waals surface area contributed by atoms with E-state index in [1.807, 2.05) is 47.8 Å². The zero-order valence-electron chi connectivity index (χ0n) is 15.7. The molecule has 1 amide bonds. The molecule has 0 saturated carbocycles. The molecule has 0 atom stereocenters. The molecule has 1 N–H and O–H groups in total. The molecule has 6 nitrogen and oxygen atoms in total. The van der Waals surface area contributed by atoms with Crippen LogP contribution in [0, 0.1) is 0 Å². The monoisotopic (exact) mass is 396 g/mol. The lowest BCUT2D eigenvalue weighted by Crippen LogP contribution is -2.49. The minimum absolute atomic E-state index is 0.0781. The second-order valence-electron chi connectivity index (χ2n) is 6.94. The number of carbonyl (C=O) groups is 1. The van der Waals surface area contributed by atoms with Gasteiger partial charge in [-0.15, -0.1) is 11.3 Å². The topological polar surface area (TPSA) is 61.6 Å². The van der Waals surface area contributed by atoms with Crippen molar-refractivity contribution in [2.45, 2.75) is 13.1 Å². The lowest BCUT2D eigenvalue weighted by Gasteiger charge is -2.33. The molecular weight excluding hydrogens is 372 g/mol. The van der Waals surface area contributed by atoms with Gasteiger partial charge >= 0.3 is 0 Å². The van der Waals surface area contributed by atoms with Crippen LogP contribution >= 0.6 is 11.3 Å². The van der Waals surface area contributed by atoms with E-state index in [1.165, 1.54) is 0 Å². The van der Waals surface area contributed by atoms with Crippen LogP contribution in [0.25, 0.3) is 10.8 Å². The number of rotatable bonds is 7. The highest BCUT2D eigenvalue weighted by molar-refractivity contribution is 7.13. The first-order valence-electron chi connectivity index (χ1n) is 9.50. The van der Waals surface area contributed by atoms with Crippen molar-refractivity contribution in [3.63, 3.8) is 0 Å². The number of nitrogens with one attached hydrogen (secondary N) is 1. The predicted octanol–water partition coefficient (Wildman–Crippen LogP) is 2.84. The Morgan fingerprint density at radius 2 is 1.86 bits per heavy atom. The summed E-state index contributed by atoms with van der Waals surface area (Å²) in [6, 6.07) is 14.0. The van der Waals surface area contributed by atoms with Crippen LogP contribution in [-0.2, 0) is 17.9 Å². The fourth-order valence-electron chi connectivity index (χ4n) is 3.28. The van der Waals surface area contributed by atoms with E-state index in [1.54, 1.807) is 17.6 Å². The van der Waals surface area contributed by atoms with Crippen molar-refractivity contribution in [1.29, 1.82) is 0 Å². The van der Waals surface area contributed by atoms with Crippen molar-refractivity contribution in [2.24, 2.45) is 0 Å². The summed E-state index contributed by atoms with van der Waals surface area (Å²) in [5.41, 5.74) is 2.08. The molecule has 0 spiro atoms. The fraction of sp³-hybridized carbons (Fsp3) is 0.333. The second-order valence-corrected chi connectivity index (χ2v) is 7.88. The summed E-state index contributed by atoms with van der Waals surface area (Å²) in [7, 11) is 0. The molecule has 3 heterocycles. The Hall–Kier alpha value is -2.48. The highest BCUT2D eigenvalue weighted by Gasteiger charge is 2.20. The van der Waals surface area contributed by atoms with Crippen molar-refractivity contribution in [3.05, 3.63) is 65.4 Å². The van der Waals surface area contributed by atoms with Gasteiger partial charge in [-0.2, -0.15) is 0 Å². The average molecular weight is 397 g/mol. The smallest absolute Gasteiger partial charge is 0.236 e. The Morgan fingerprint density at radius 1 is 1.07 bits per heavy atom. The number of hydrogen-bond donors (Lipinski definition) is 1. The number of benzene rings is 1. The number of aromatic nitrogens is 1. The molecule has 0 radical (unpaired) electrons. The Labute approximate surface area is 168 Å². The van der Waals surface area contributed by atoms with Crippen LogP contribution in [0.2, 0.25) is 0 Å². The lowest BCUT2D eigenvalue weighted by atomic mass is 10.2. The number of oxazole rings is 1. The highest BCUT2D eigenvalue weighted by Crippen LogP contribution is 2.24. The van der Waals surface area contributed by atoms with Gasteiger partial charge in [-0.05, 0) is 17.0 Å². The third-order valence-corrected chi connectivity index (χ3v) is 5.69. The second kappa shape index (κ2) is 9.14. The van der Waals surface area contributed by atoms with Gasteiger partial charge in [0.05, 0.1) is 17.1 Å². The van der Waals surface area contributed by atoms with E-state index in [0.717, 1.165) is 48.9 Å². The first-order chi connectivity index (χ1) is 13.8. The number of carbonyl (C=O) groups excluding carboxylic acids is 1. The third-order valence-electron chi connectivity index (χ3n) is 4.83. The Morgan fingerprint density at radius 3 is 2.61 bits per heavy atom. The van der Waals surface area contributed by atoms with Gasteiger partial charge in [-0.25, -0.2) is 4.98 Å². The van der Waals surface area contributed by atoms with Crippen molar-refractivity contribution < 1.29 is 9.21 Å². The molecule has 1 aliphatic heterocycles. The number of piperazine rings is 1. The van der Waals surface area contributed by atoms with Gasteiger partial charge in [0.25, 0.3) is 0 Å². The quantitative estimate of drug-likeness (QED) is 0.665. The third kappa shape index (κ3) is 5.07. The molecular formula is C21H24N4O2S. The molecule has 28 heavy (non-hydrogen) atoms. The summed E-state index contributed by atoms with van der Waals surface area (Å²) >= 11 is 1.63. The van der Waals surface area contributed by atoms with Crippen LogP contribution in [0.3, 0.4) is 0 Å². The Kier molecular flexibility index (Phi) is 6.16. The van der Waals surface area contributed by atoms with Crippen molar-refractivity contribution in [2.75, 3.05) is 32.7 Å². The molecule has 0 bridgehead atoms. The first kappa shape index (κ1) is 18.9. The molecule has 1 aromatic carbocycles. The van der Waals surface area contributed by atoms with Gasteiger partial charge in [-0.3, -0.25) is 14.6 Å². The van der Waals surface area contributed by atoms with E-state index in [9.17, 15) is 4.79 Å². The van der Waals surface area contributed by atoms with Crippen LogP contribution in [0.15, 0.2) is 58.5 Å². The number of hydrogen-bond acceptors (Lipinski definition) is 6. The summed E-state index contributed by atoms with van der Waals surface area (Å²) < 4.78 is 5.60. The van der Waals surface area contributed by atoms with E-state index in [0.29, 0.717) is 19.0 Å². The van der Waals surface area contributed by atoms with Crippen molar-refractivity contribution in [1.82, 2.24) is 20.1 Å². The van der Waals surface area contributed by atoms with Gasteiger partial charge in [-0.1, -0.05) is 36.4 Å². The molecule has 1 saturated heterocycles. The van der Waals surface area contributed by atoms with Crippen LogP contribution in [0.4, 0.5) is 0 Å². The van der Waals surface area contributed by atoms with E-state index in [-0.39, 0.29) is 5.91 Å². The maximum absolute atomic E-state index is 12.2. The molecule has 1 aliphatic rings. The van der Waals surface area contributed by atoms with Crippen LogP contribution in [0.1, 0.15) is 11.3 Å². The predicted molar refractivity (Wildman–Crippen MR) is 110 cm³/mol. The standard InChI is InChI=1S/C21H24N4O2S/c26-20(22-13-17-5-2-1-3-6-17)15-25-10-8-24(9-11-25)14-18-16-27-21(23-18)19-7-4-12-28-19/h1-7,12,16H,8-11,13-15H2,(H,22,26). The molecule has 146 valence electrons. The Balaban J connectivity index is 1.19. The van der Waals surface area contributed by atoms with Gasteiger partial charge < -0.3 is 9.73 Å². The van der Waals surface area contributed by atoms with Crippen molar-refractivity contribution >= 4 is 17.2 Å².